The second-order valence-corrected chi connectivity index (χ2v) is 6.30. The zero-order chi connectivity index (χ0) is 13.1. The standard InChI is InChI=1S/C12H20IN3O/c1-9-14-8-10(13)11(17)16(9)7-5-6-15-12(2,3)4/h8,15H,5-7H2,1-4H3. The zero-order valence-corrected chi connectivity index (χ0v) is 13.0. The van der Waals surface area contributed by atoms with Crippen LogP contribution in [-0.2, 0) is 6.54 Å². The molecule has 0 unspecified atom stereocenters. The van der Waals surface area contributed by atoms with Gasteiger partial charge in [-0.25, -0.2) is 4.98 Å². The molecule has 0 atom stereocenters. The normalized spacial score (nSPS) is 11.8. The zero-order valence-electron chi connectivity index (χ0n) is 10.9. The first-order valence-corrected chi connectivity index (χ1v) is 6.86. The molecule has 17 heavy (non-hydrogen) atoms. The van der Waals surface area contributed by atoms with Gasteiger partial charge in [0.05, 0.1) is 3.57 Å². The summed E-state index contributed by atoms with van der Waals surface area (Å²) in [6, 6.07) is 0. The minimum Gasteiger partial charge on any atom is -0.312 e. The van der Waals surface area contributed by atoms with Crippen LogP contribution >= 0.6 is 22.6 Å². The predicted molar refractivity (Wildman–Crippen MR) is 78.3 cm³/mol. The van der Waals surface area contributed by atoms with Crippen molar-refractivity contribution in [1.29, 1.82) is 0 Å². The molecule has 0 bridgehead atoms. The van der Waals surface area contributed by atoms with E-state index < -0.39 is 0 Å². The van der Waals surface area contributed by atoms with Gasteiger partial charge in [0.25, 0.3) is 5.56 Å². The predicted octanol–water partition coefficient (Wildman–Crippen LogP) is 1.93. The second-order valence-electron chi connectivity index (χ2n) is 5.14. The first-order chi connectivity index (χ1) is 7.81. The van der Waals surface area contributed by atoms with E-state index >= 15 is 0 Å². The van der Waals surface area contributed by atoms with Crippen LogP contribution < -0.4 is 10.9 Å². The summed E-state index contributed by atoms with van der Waals surface area (Å²) in [7, 11) is 0. The van der Waals surface area contributed by atoms with E-state index in [0.717, 1.165) is 25.3 Å². The van der Waals surface area contributed by atoms with Crippen molar-refractivity contribution in [3.8, 4) is 0 Å². The molecule has 0 spiro atoms. The quantitative estimate of drug-likeness (QED) is 0.668. The van der Waals surface area contributed by atoms with Gasteiger partial charge in [-0.15, -0.1) is 0 Å². The highest BCUT2D eigenvalue weighted by Crippen LogP contribution is 2.00. The average molecular weight is 349 g/mol. The summed E-state index contributed by atoms with van der Waals surface area (Å²) >= 11 is 2.03. The van der Waals surface area contributed by atoms with Crippen LogP contribution in [0.15, 0.2) is 11.0 Å². The summed E-state index contributed by atoms with van der Waals surface area (Å²) in [5.41, 5.74) is 0.192. The molecule has 0 radical (unpaired) electrons. The van der Waals surface area contributed by atoms with Crippen molar-refractivity contribution < 1.29 is 0 Å². The SMILES string of the molecule is Cc1ncc(I)c(=O)n1CCCNC(C)(C)C. The fourth-order valence-electron chi connectivity index (χ4n) is 1.51. The van der Waals surface area contributed by atoms with Crippen LogP contribution in [0, 0.1) is 10.5 Å². The molecule has 0 amide bonds. The summed E-state index contributed by atoms with van der Waals surface area (Å²) in [6.07, 6.45) is 2.56. The maximum Gasteiger partial charge on any atom is 0.266 e. The van der Waals surface area contributed by atoms with Crippen LogP contribution in [0.1, 0.15) is 33.0 Å². The van der Waals surface area contributed by atoms with Gasteiger partial charge in [0.2, 0.25) is 0 Å². The maximum absolute atomic E-state index is 11.9. The van der Waals surface area contributed by atoms with Crippen molar-refractivity contribution in [2.75, 3.05) is 6.54 Å². The average Bonchev–Trinajstić information content (AvgIpc) is 2.21. The van der Waals surface area contributed by atoms with Crippen LogP contribution in [0.5, 0.6) is 0 Å². The van der Waals surface area contributed by atoms with Crippen LogP contribution in [0.3, 0.4) is 0 Å². The van der Waals surface area contributed by atoms with Crippen LogP contribution in [0.25, 0.3) is 0 Å². The van der Waals surface area contributed by atoms with Crippen molar-refractivity contribution in [3.63, 3.8) is 0 Å². The van der Waals surface area contributed by atoms with E-state index in [1.54, 1.807) is 10.8 Å². The van der Waals surface area contributed by atoms with Gasteiger partial charge >= 0.3 is 0 Å². The number of hydrogen-bond donors (Lipinski definition) is 1. The van der Waals surface area contributed by atoms with Crippen LogP contribution in [0.4, 0.5) is 0 Å². The molecule has 1 aromatic heterocycles. The highest BCUT2D eigenvalue weighted by molar-refractivity contribution is 14.1. The molecule has 5 heteroatoms. The second kappa shape index (κ2) is 5.95. The molecule has 1 heterocycles. The molecular formula is C12H20IN3O. The molecule has 1 rings (SSSR count). The molecule has 0 fully saturated rings. The highest BCUT2D eigenvalue weighted by Gasteiger charge is 2.08. The molecule has 0 aromatic carbocycles. The Morgan fingerprint density at radius 2 is 2.12 bits per heavy atom. The van der Waals surface area contributed by atoms with Crippen molar-refractivity contribution >= 4 is 22.6 Å². The lowest BCUT2D eigenvalue weighted by atomic mass is 10.1. The third-order valence-corrected chi connectivity index (χ3v) is 3.16. The van der Waals surface area contributed by atoms with Gasteiger partial charge in [-0.3, -0.25) is 9.36 Å². The Kier molecular flexibility index (Phi) is 5.12. The number of hydrogen-bond acceptors (Lipinski definition) is 3. The molecule has 1 N–H and O–H groups in total. The lowest BCUT2D eigenvalue weighted by molar-refractivity contribution is 0.411. The number of nitrogens with zero attached hydrogens (tertiary/aromatic N) is 2. The number of rotatable bonds is 4. The number of aromatic nitrogens is 2. The largest absolute Gasteiger partial charge is 0.312 e. The molecule has 96 valence electrons. The minimum absolute atomic E-state index is 0.0638. The van der Waals surface area contributed by atoms with Crippen LogP contribution in [-0.4, -0.2) is 21.6 Å². The van der Waals surface area contributed by atoms with E-state index in [9.17, 15) is 4.79 Å². The molecule has 1 aromatic rings. The Bertz CT molecular complexity index is 434. The topological polar surface area (TPSA) is 46.9 Å². The van der Waals surface area contributed by atoms with Gasteiger partial charge in [0.15, 0.2) is 0 Å². The molecule has 0 aliphatic carbocycles. The van der Waals surface area contributed by atoms with Gasteiger partial charge in [-0.1, -0.05) is 0 Å². The fraction of sp³-hybridized carbons (Fsp3) is 0.667. The fourth-order valence-corrected chi connectivity index (χ4v) is 1.95. The van der Waals surface area contributed by atoms with Crippen molar-refractivity contribution in [2.24, 2.45) is 0 Å². The van der Waals surface area contributed by atoms with E-state index in [4.69, 9.17) is 0 Å². The lowest BCUT2D eigenvalue weighted by Crippen LogP contribution is -2.37. The summed E-state index contributed by atoms with van der Waals surface area (Å²) in [5.74, 6) is 0.783. The van der Waals surface area contributed by atoms with Gasteiger partial charge in [0.1, 0.15) is 5.82 Å². The van der Waals surface area contributed by atoms with E-state index in [1.165, 1.54) is 0 Å². The van der Waals surface area contributed by atoms with Crippen LogP contribution in [0.2, 0.25) is 0 Å². The minimum atomic E-state index is 0.0638. The smallest absolute Gasteiger partial charge is 0.266 e. The first-order valence-electron chi connectivity index (χ1n) is 5.78. The summed E-state index contributed by atoms with van der Waals surface area (Å²) in [5, 5.41) is 3.41. The van der Waals surface area contributed by atoms with E-state index in [0.29, 0.717) is 3.57 Å². The van der Waals surface area contributed by atoms with E-state index in [1.807, 2.05) is 29.5 Å². The van der Waals surface area contributed by atoms with Gasteiger partial charge < -0.3 is 5.32 Å². The summed E-state index contributed by atoms with van der Waals surface area (Å²) in [4.78, 5) is 16.1. The number of aryl methyl sites for hydroxylation is 1. The maximum atomic E-state index is 11.9. The summed E-state index contributed by atoms with van der Waals surface area (Å²) in [6.45, 7) is 9.90. The van der Waals surface area contributed by atoms with Gasteiger partial charge in [-0.05, 0) is 63.3 Å². The number of nitrogens with one attached hydrogen (secondary N) is 1. The Hall–Kier alpha value is -0.430. The molecule has 4 nitrogen and oxygen atoms in total. The van der Waals surface area contributed by atoms with Crippen molar-refractivity contribution in [3.05, 3.63) is 25.9 Å². The third-order valence-electron chi connectivity index (χ3n) is 2.42. The highest BCUT2D eigenvalue weighted by atomic mass is 127. The number of halogens is 1. The Balaban J connectivity index is 2.59. The Morgan fingerprint density at radius 3 is 2.71 bits per heavy atom. The molecule has 0 saturated heterocycles. The molecular weight excluding hydrogens is 329 g/mol. The van der Waals surface area contributed by atoms with Gasteiger partial charge in [-0.2, -0.15) is 0 Å². The van der Waals surface area contributed by atoms with Gasteiger partial charge in [0, 0.05) is 18.3 Å². The van der Waals surface area contributed by atoms with Crippen molar-refractivity contribution in [2.45, 2.75) is 46.2 Å². The van der Waals surface area contributed by atoms with Crippen molar-refractivity contribution in [1.82, 2.24) is 14.9 Å². The Morgan fingerprint density at radius 1 is 1.47 bits per heavy atom. The summed E-state index contributed by atoms with van der Waals surface area (Å²) < 4.78 is 2.42. The molecule has 0 aliphatic heterocycles. The molecule has 0 saturated carbocycles. The molecule has 0 aliphatic rings. The van der Waals surface area contributed by atoms with E-state index in [2.05, 4.69) is 31.1 Å². The third kappa shape index (κ3) is 4.75. The first kappa shape index (κ1) is 14.6. The van der Waals surface area contributed by atoms with E-state index in [-0.39, 0.29) is 11.1 Å². The lowest BCUT2D eigenvalue weighted by Gasteiger charge is -2.20. The monoisotopic (exact) mass is 349 g/mol. The Labute approximate surface area is 116 Å².